The second-order valence-electron chi connectivity index (χ2n) is 3.79. The quantitative estimate of drug-likeness (QED) is 0.916. The summed E-state index contributed by atoms with van der Waals surface area (Å²) in [4.78, 5) is 0. The minimum Gasteiger partial charge on any atom is -0.488 e. The molecule has 0 heterocycles. The molecule has 0 spiro atoms. The van der Waals surface area contributed by atoms with E-state index in [1.165, 1.54) is 0 Å². The largest absolute Gasteiger partial charge is 0.488 e. The topological polar surface area (TPSA) is 29.5 Å². The fourth-order valence-corrected chi connectivity index (χ4v) is 2.05. The molecular formula is C14H12Cl2O2. The molecule has 0 saturated heterocycles. The van der Waals surface area contributed by atoms with Crippen molar-refractivity contribution in [3.63, 3.8) is 0 Å². The van der Waals surface area contributed by atoms with Crippen molar-refractivity contribution in [2.45, 2.75) is 13.2 Å². The van der Waals surface area contributed by atoms with Crippen molar-refractivity contribution in [3.8, 4) is 5.75 Å². The first-order valence-electron chi connectivity index (χ1n) is 5.46. The van der Waals surface area contributed by atoms with E-state index in [0.29, 0.717) is 28.0 Å². The molecule has 0 fully saturated rings. The molecule has 0 unspecified atom stereocenters. The van der Waals surface area contributed by atoms with Crippen LogP contribution in [-0.2, 0) is 13.2 Å². The van der Waals surface area contributed by atoms with E-state index in [1.807, 2.05) is 24.3 Å². The van der Waals surface area contributed by atoms with Gasteiger partial charge in [0, 0.05) is 15.6 Å². The lowest BCUT2D eigenvalue weighted by atomic mass is 10.2. The van der Waals surface area contributed by atoms with E-state index in [1.54, 1.807) is 18.2 Å². The van der Waals surface area contributed by atoms with E-state index in [9.17, 15) is 5.11 Å². The Morgan fingerprint density at radius 2 is 1.83 bits per heavy atom. The molecule has 4 heteroatoms. The third-order valence-corrected chi connectivity index (χ3v) is 3.11. The Morgan fingerprint density at radius 3 is 2.56 bits per heavy atom. The minimum absolute atomic E-state index is 0.148. The summed E-state index contributed by atoms with van der Waals surface area (Å²) in [7, 11) is 0. The fraction of sp³-hybridized carbons (Fsp3) is 0.143. The van der Waals surface area contributed by atoms with Gasteiger partial charge in [-0.2, -0.15) is 0 Å². The minimum atomic E-state index is -0.148. The first-order chi connectivity index (χ1) is 8.70. The number of halogens is 2. The Balaban J connectivity index is 2.13. The van der Waals surface area contributed by atoms with E-state index >= 15 is 0 Å². The van der Waals surface area contributed by atoms with Crippen LogP contribution >= 0.6 is 23.2 Å². The highest BCUT2D eigenvalue weighted by molar-refractivity contribution is 6.31. The molecule has 0 aromatic heterocycles. The van der Waals surface area contributed by atoms with E-state index in [-0.39, 0.29) is 6.61 Å². The van der Waals surface area contributed by atoms with Crippen LogP contribution in [0.5, 0.6) is 5.75 Å². The zero-order chi connectivity index (χ0) is 13.0. The van der Waals surface area contributed by atoms with Gasteiger partial charge in [0.25, 0.3) is 0 Å². The third kappa shape index (κ3) is 3.16. The Labute approximate surface area is 116 Å². The SMILES string of the molecule is OCc1c(Cl)cccc1OCc1cccc(Cl)c1. The van der Waals surface area contributed by atoms with Gasteiger partial charge in [0.1, 0.15) is 12.4 Å². The number of ether oxygens (including phenoxy) is 1. The van der Waals surface area contributed by atoms with Crippen molar-refractivity contribution >= 4 is 23.2 Å². The van der Waals surface area contributed by atoms with Crippen LogP contribution in [0.1, 0.15) is 11.1 Å². The maximum atomic E-state index is 9.26. The molecule has 1 N–H and O–H groups in total. The Bertz CT molecular complexity index is 541. The summed E-state index contributed by atoms with van der Waals surface area (Å²) < 4.78 is 5.65. The van der Waals surface area contributed by atoms with Crippen LogP contribution in [0.4, 0.5) is 0 Å². The molecule has 94 valence electrons. The maximum Gasteiger partial charge on any atom is 0.126 e. The van der Waals surface area contributed by atoms with Gasteiger partial charge in [-0.3, -0.25) is 0 Å². The third-order valence-electron chi connectivity index (χ3n) is 2.52. The second kappa shape index (κ2) is 6.10. The average molecular weight is 283 g/mol. The highest BCUT2D eigenvalue weighted by Crippen LogP contribution is 2.27. The molecule has 2 rings (SSSR count). The van der Waals surface area contributed by atoms with E-state index in [2.05, 4.69) is 0 Å². The van der Waals surface area contributed by atoms with Crippen molar-refractivity contribution in [2.24, 2.45) is 0 Å². The van der Waals surface area contributed by atoms with Gasteiger partial charge in [-0.05, 0) is 29.8 Å². The van der Waals surface area contributed by atoms with Crippen LogP contribution in [-0.4, -0.2) is 5.11 Å². The van der Waals surface area contributed by atoms with Gasteiger partial charge in [-0.1, -0.05) is 41.4 Å². The molecule has 2 nitrogen and oxygen atoms in total. The zero-order valence-electron chi connectivity index (χ0n) is 9.57. The standard InChI is InChI=1S/C14H12Cl2O2/c15-11-4-1-3-10(7-11)9-18-14-6-2-5-13(16)12(14)8-17/h1-7,17H,8-9H2. The summed E-state index contributed by atoms with van der Waals surface area (Å²) in [5.41, 5.74) is 1.56. The van der Waals surface area contributed by atoms with Crippen molar-refractivity contribution < 1.29 is 9.84 Å². The Hall–Kier alpha value is -1.22. The first kappa shape index (κ1) is 13.2. The van der Waals surface area contributed by atoms with Crippen molar-refractivity contribution in [1.82, 2.24) is 0 Å². The summed E-state index contributed by atoms with van der Waals surface area (Å²) in [5, 5.41) is 10.4. The number of rotatable bonds is 4. The van der Waals surface area contributed by atoms with Crippen LogP contribution < -0.4 is 4.74 Å². The molecule has 0 bridgehead atoms. The highest BCUT2D eigenvalue weighted by atomic mass is 35.5. The summed E-state index contributed by atoms with van der Waals surface area (Å²) in [6.45, 7) is 0.235. The van der Waals surface area contributed by atoms with Gasteiger partial charge in [0.2, 0.25) is 0 Å². The average Bonchev–Trinajstić information content (AvgIpc) is 2.36. The fourth-order valence-electron chi connectivity index (χ4n) is 1.62. The smallest absolute Gasteiger partial charge is 0.126 e. The molecule has 0 aliphatic rings. The molecule has 0 saturated carbocycles. The monoisotopic (exact) mass is 282 g/mol. The first-order valence-corrected chi connectivity index (χ1v) is 6.22. The lowest BCUT2D eigenvalue weighted by Gasteiger charge is -2.11. The maximum absolute atomic E-state index is 9.26. The van der Waals surface area contributed by atoms with Crippen molar-refractivity contribution in [3.05, 3.63) is 63.6 Å². The molecule has 2 aromatic carbocycles. The molecule has 0 aliphatic heterocycles. The summed E-state index contributed by atoms with van der Waals surface area (Å²) in [6, 6.07) is 12.7. The number of aliphatic hydroxyl groups excluding tert-OH is 1. The molecule has 0 atom stereocenters. The lowest BCUT2D eigenvalue weighted by Crippen LogP contribution is -1.99. The van der Waals surface area contributed by atoms with Gasteiger partial charge in [-0.15, -0.1) is 0 Å². The van der Waals surface area contributed by atoms with Gasteiger partial charge in [0.15, 0.2) is 0 Å². The van der Waals surface area contributed by atoms with E-state index < -0.39 is 0 Å². The van der Waals surface area contributed by atoms with Crippen molar-refractivity contribution in [1.29, 1.82) is 0 Å². The van der Waals surface area contributed by atoms with Crippen LogP contribution in [0.3, 0.4) is 0 Å². The Kier molecular flexibility index (Phi) is 4.48. The molecule has 18 heavy (non-hydrogen) atoms. The normalized spacial score (nSPS) is 10.4. The highest BCUT2D eigenvalue weighted by Gasteiger charge is 2.07. The van der Waals surface area contributed by atoms with Crippen molar-refractivity contribution in [2.75, 3.05) is 0 Å². The summed E-state index contributed by atoms with van der Waals surface area (Å²) >= 11 is 11.9. The van der Waals surface area contributed by atoms with Gasteiger partial charge in [0.05, 0.1) is 6.61 Å². The van der Waals surface area contributed by atoms with Crippen LogP contribution in [0.2, 0.25) is 10.0 Å². The zero-order valence-corrected chi connectivity index (χ0v) is 11.1. The predicted molar refractivity (Wildman–Crippen MR) is 73.2 cm³/mol. The molecule has 0 amide bonds. The van der Waals surface area contributed by atoms with E-state index in [0.717, 1.165) is 5.56 Å². The number of hydrogen-bond donors (Lipinski definition) is 1. The van der Waals surface area contributed by atoms with Gasteiger partial charge < -0.3 is 9.84 Å². The number of hydrogen-bond acceptors (Lipinski definition) is 2. The molecule has 0 aliphatic carbocycles. The van der Waals surface area contributed by atoms with Crippen LogP contribution in [0.25, 0.3) is 0 Å². The van der Waals surface area contributed by atoms with Gasteiger partial charge >= 0.3 is 0 Å². The molecule has 2 aromatic rings. The molecular weight excluding hydrogens is 271 g/mol. The Morgan fingerprint density at radius 1 is 1.06 bits per heavy atom. The van der Waals surface area contributed by atoms with Crippen LogP contribution in [0, 0.1) is 0 Å². The van der Waals surface area contributed by atoms with Gasteiger partial charge in [-0.25, -0.2) is 0 Å². The van der Waals surface area contributed by atoms with Crippen LogP contribution in [0.15, 0.2) is 42.5 Å². The summed E-state index contributed by atoms with van der Waals surface area (Å²) in [5.74, 6) is 0.588. The predicted octanol–water partition coefficient (Wildman–Crippen LogP) is 4.06. The molecule has 0 radical (unpaired) electrons. The number of benzene rings is 2. The second-order valence-corrected chi connectivity index (χ2v) is 4.64. The van der Waals surface area contributed by atoms with E-state index in [4.69, 9.17) is 27.9 Å². The summed E-state index contributed by atoms with van der Waals surface area (Å²) in [6.07, 6.45) is 0. The lowest BCUT2D eigenvalue weighted by molar-refractivity contribution is 0.259. The number of aliphatic hydroxyl groups is 1.